The lowest BCUT2D eigenvalue weighted by molar-refractivity contribution is -0.112. The number of aryl methyl sites for hydroxylation is 1. The van der Waals surface area contributed by atoms with E-state index in [4.69, 9.17) is 5.26 Å². The highest BCUT2D eigenvalue weighted by molar-refractivity contribution is 6.06. The Kier molecular flexibility index (Phi) is 5.28. The molecule has 0 spiro atoms. The normalized spacial score (nSPS) is 11.2. The second-order valence-corrected chi connectivity index (χ2v) is 4.79. The van der Waals surface area contributed by atoms with Crippen molar-refractivity contribution in [2.75, 3.05) is 5.32 Å². The van der Waals surface area contributed by atoms with Crippen molar-refractivity contribution < 1.29 is 4.79 Å². The summed E-state index contributed by atoms with van der Waals surface area (Å²) in [6, 6.07) is 19.1. The maximum Gasteiger partial charge on any atom is 0.266 e. The topological polar surface area (TPSA) is 52.9 Å². The highest BCUT2D eigenvalue weighted by Gasteiger charge is 2.07. The van der Waals surface area contributed by atoms with Gasteiger partial charge in [-0.15, -0.1) is 0 Å². The Morgan fingerprint density at radius 3 is 2.59 bits per heavy atom. The first-order chi connectivity index (χ1) is 10.7. The Hall–Kier alpha value is -3.12. The van der Waals surface area contributed by atoms with E-state index in [1.54, 1.807) is 12.1 Å². The zero-order valence-corrected chi connectivity index (χ0v) is 12.3. The van der Waals surface area contributed by atoms with E-state index in [-0.39, 0.29) is 5.57 Å². The molecule has 0 heterocycles. The van der Waals surface area contributed by atoms with Crippen molar-refractivity contribution in [2.24, 2.45) is 0 Å². The van der Waals surface area contributed by atoms with Crippen LogP contribution in [0.4, 0.5) is 5.69 Å². The van der Waals surface area contributed by atoms with Gasteiger partial charge in [0.1, 0.15) is 11.6 Å². The maximum atomic E-state index is 12.1. The molecule has 0 aromatic heterocycles. The van der Waals surface area contributed by atoms with Crippen molar-refractivity contribution in [3.8, 4) is 6.07 Å². The molecular formula is C19H16N2O. The van der Waals surface area contributed by atoms with E-state index in [1.165, 1.54) is 6.08 Å². The highest BCUT2D eigenvalue weighted by atomic mass is 16.1. The average Bonchev–Trinajstić information content (AvgIpc) is 2.52. The number of hydrogen-bond donors (Lipinski definition) is 1. The standard InChI is InChI=1S/C19H16N2O/c1-15-7-5-12-18(13-15)21-19(22)17(14-20)11-6-10-16-8-3-2-4-9-16/h2-13H,1H3,(H,21,22)/b10-6+,17-11-. The number of anilines is 1. The number of rotatable bonds is 4. The summed E-state index contributed by atoms with van der Waals surface area (Å²) in [5.74, 6) is -0.411. The van der Waals surface area contributed by atoms with Crippen LogP contribution in [-0.2, 0) is 4.79 Å². The average molecular weight is 288 g/mol. The van der Waals surface area contributed by atoms with E-state index in [9.17, 15) is 4.79 Å². The van der Waals surface area contributed by atoms with Gasteiger partial charge in [-0.05, 0) is 36.3 Å². The van der Waals surface area contributed by atoms with Gasteiger partial charge in [-0.2, -0.15) is 5.26 Å². The molecule has 0 aliphatic heterocycles. The summed E-state index contributed by atoms with van der Waals surface area (Å²) < 4.78 is 0. The molecule has 1 amide bonds. The number of benzene rings is 2. The second kappa shape index (κ2) is 7.61. The lowest BCUT2D eigenvalue weighted by Crippen LogP contribution is -2.13. The molecule has 0 saturated carbocycles. The fraction of sp³-hybridized carbons (Fsp3) is 0.0526. The third-order valence-corrected chi connectivity index (χ3v) is 2.99. The number of nitriles is 1. The van der Waals surface area contributed by atoms with E-state index in [1.807, 2.05) is 67.6 Å². The SMILES string of the molecule is Cc1cccc(NC(=O)/C(C#N)=C\C=C\c2ccccc2)c1. The first-order valence-electron chi connectivity index (χ1n) is 6.90. The van der Waals surface area contributed by atoms with Crippen LogP contribution in [0.25, 0.3) is 6.08 Å². The molecule has 0 fully saturated rings. The number of nitrogens with zero attached hydrogens (tertiary/aromatic N) is 1. The van der Waals surface area contributed by atoms with E-state index in [0.717, 1.165) is 11.1 Å². The molecule has 108 valence electrons. The van der Waals surface area contributed by atoms with Crippen molar-refractivity contribution in [3.63, 3.8) is 0 Å². The first-order valence-corrected chi connectivity index (χ1v) is 6.90. The molecule has 0 atom stereocenters. The summed E-state index contributed by atoms with van der Waals surface area (Å²) in [6.45, 7) is 1.94. The first kappa shape index (κ1) is 15.3. The predicted octanol–water partition coefficient (Wildman–Crippen LogP) is 4.10. The van der Waals surface area contributed by atoms with Crippen molar-refractivity contribution in [2.45, 2.75) is 6.92 Å². The number of carbonyl (C=O) groups excluding carboxylic acids is 1. The number of carbonyl (C=O) groups is 1. The van der Waals surface area contributed by atoms with Crippen molar-refractivity contribution in [3.05, 3.63) is 83.4 Å². The smallest absolute Gasteiger partial charge is 0.266 e. The third-order valence-electron chi connectivity index (χ3n) is 2.99. The summed E-state index contributed by atoms with van der Waals surface area (Å²) >= 11 is 0. The molecule has 2 rings (SSSR count). The van der Waals surface area contributed by atoms with Crippen molar-refractivity contribution >= 4 is 17.7 Å². The van der Waals surface area contributed by atoms with E-state index in [2.05, 4.69) is 5.32 Å². The molecule has 2 aromatic rings. The van der Waals surface area contributed by atoms with Crippen LogP contribution in [0.3, 0.4) is 0 Å². The minimum absolute atomic E-state index is 0.0636. The van der Waals surface area contributed by atoms with Gasteiger partial charge in [0, 0.05) is 5.69 Å². The summed E-state index contributed by atoms with van der Waals surface area (Å²) in [6.07, 6.45) is 5.05. The fourth-order valence-electron chi connectivity index (χ4n) is 1.90. The summed E-state index contributed by atoms with van der Waals surface area (Å²) in [5, 5.41) is 11.8. The van der Waals surface area contributed by atoms with Crippen LogP contribution in [0.15, 0.2) is 72.3 Å². The molecule has 0 aliphatic rings. The molecule has 3 nitrogen and oxygen atoms in total. The molecule has 2 aromatic carbocycles. The third kappa shape index (κ3) is 4.46. The van der Waals surface area contributed by atoms with Crippen LogP contribution in [-0.4, -0.2) is 5.91 Å². The summed E-state index contributed by atoms with van der Waals surface area (Å²) in [7, 11) is 0. The zero-order valence-electron chi connectivity index (χ0n) is 12.3. The molecule has 0 aliphatic carbocycles. The number of nitrogens with one attached hydrogen (secondary N) is 1. The zero-order chi connectivity index (χ0) is 15.8. The van der Waals surface area contributed by atoms with Crippen LogP contribution in [0, 0.1) is 18.3 Å². The van der Waals surface area contributed by atoms with Gasteiger partial charge < -0.3 is 5.32 Å². The molecule has 3 heteroatoms. The summed E-state index contributed by atoms with van der Waals surface area (Å²) in [4.78, 5) is 12.1. The quantitative estimate of drug-likeness (QED) is 0.523. The lowest BCUT2D eigenvalue weighted by Gasteiger charge is -2.04. The Morgan fingerprint density at radius 1 is 1.14 bits per heavy atom. The Bertz CT molecular complexity index is 753. The number of amides is 1. The Morgan fingerprint density at radius 2 is 1.91 bits per heavy atom. The van der Waals surface area contributed by atoms with Crippen LogP contribution in [0.2, 0.25) is 0 Å². The minimum atomic E-state index is -0.411. The van der Waals surface area contributed by atoms with Gasteiger partial charge in [-0.1, -0.05) is 54.6 Å². The largest absolute Gasteiger partial charge is 0.321 e. The maximum absolute atomic E-state index is 12.1. The van der Waals surface area contributed by atoms with E-state index < -0.39 is 5.91 Å². The summed E-state index contributed by atoms with van der Waals surface area (Å²) in [5.41, 5.74) is 2.80. The molecular weight excluding hydrogens is 272 g/mol. The van der Waals surface area contributed by atoms with Gasteiger partial charge >= 0.3 is 0 Å². The van der Waals surface area contributed by atoms with E-state index >= 15 is 0 Å². The number of allylic oxidation sites excluding steroid dienone is 2. The van der Waals surface area contributed by atoms with Gasteiger partial charge in [0.2, 0.25) is 0 Å². The molecule has 22 heavy (non-hydrogen) atoms. The Balaban J connectivity index is 2.07. The molecule has 0 saturated heterocycles. The molecule has 0 radical (unpaired) electrons. The van der Waals surface area contributed by atoms with Gasteiger partial charge in [-0.25, -0.2) is 0 Å². The van der Waals surface area contributed by atoms with Gasteiger partial charge in [0.15, 0.2) is 0 Å². The molecule has 1 N–H and O–H groups in total. The van der Waals surface area contributed by atoms with Crippen LogP contribution >= 0.6 is 0 Å². The molecule has 0 bridgehead atoms. The van der Waals surface area contributed by atoms with Crippen LogP contribution < -0.4 is 5.32 Å². The second-order valence-electron chi connectivity index (χ2n) is 4.79. The number of hydrogen-bond acceptors (Lipinski definition) is 2. The van der Waals surface area contributed by atoms with E-state index in [0.29, 0.717) is 5.69 Å². The monoisotopic (exact) mass is 288 g/mol. The molecule has 0 unspecified atom stereocenters. The predicted molar refractivity (Wildman–Crippen MR) is 89.0 cm³/mol. The Labute approximate surface area is 130 Å². The van der Waals surface area contributed by atoms with Gasteiger partial charge in [0.25, 0.3) is 5.91 Å². The highest BCUT2D eigenvalue weighted by Crippen LogP contribution is 2.11. The van der Waals surface area contributed by atoms with Gasteiger partial charge in [-0.3, -0.25) is 4.79 Å². The van der Waals surface area contributed by atoms with Crippen LogP contribution in [0.5, 0.6) is 0 Å². The fourth-order valence-corrected chi connectivity index (χ4v) is 1.90. The lowest BCUT2D eigenvalue weighted by atomic mass is 10.2. The van der Waals surface area contributed by atoms with Crippen molar-refractivity contribution in [1.82, 2.24) is 0 Å². The van der Waals surface area contributed by atoms with Gasteiger partial charge in [0.05, 0.1) is 0 Å². The van der Waals surface area contributed by atoms with Crippen LogP contribution in [0.1, 0.15) is 11.1 Å². The minimum Gasteiger partial charge on any atom is -0.321 e. The van der Waals surface area contributed by atoms with Crippen molar-refractivity contribution in [1.29, 1.82) is 5.26 Å².